The Bertz CT molecular complexity index is 628. The van der Waals surface area contributed by atoms with Crippen LogP contribution in [0.2, 0.25) is 0 Å². The van der Waals surface area contributed by atoms with E-state index in [1.54, 1.807) is 18.2 Å². The number of aromatic hydroxyl groups is 1. The molecule has 3 rings (SSSR count). The van der Waals surface area contributed by atoms with E-state index in [4.69, 9.17) is 10.00 Å². The lowest BCUT2D eigenvalue weighted by Gasteiger charge is -2.24. The van der Waals surface area contributed by atoms with Crippen molar-refractivity contribution in [3.8, 4) is 28.7 Å². The zero-order valence-electron chi connectivity index (χ0n) is 8.92. The molecular formula is C14H9NO2. The number of fused-ring (bicyclic) bond motifs is 3. The minimum absolute atomic E-state index is 0.192. The van der Waals surface area contributed by atoms with Gasteiger partial charge in [0, 0.05) is 11.1 Å². The smallest absolute Gasteiger partial charge is 0.210 e. The van der Waals surface area contributed by atoms with Crippen molar-refractivity contribution in [3.05, 3.63) is 48.0 Å². The first-order chi connectivity index (χ1) is 8.29. The second-order valence-electron chi connectivity index (χ2n) is 3.89. The van der Waals surface area contributed by atoms with E-state index < -0.39 is 6.10 Å². The molecule has 3 heteroatoms. The van der Waals surface area contributed by atoms with Gasteiger partial charge < -0.3 is 9.84 Å². The number of nitrogens with zero attached hydrogens (tertiary/aromatic N) is 1. The lowest BCUT2D eigenvalue weighted by molar-refractivity contribution is 0.258. The molecule has 0 radical (unpaired) electrons. The topological polar surface area (TPSA) is 53.2 Å². The number of nitriles is 1. The molecule has 2 aromatic carbocycles. The molecule has 0 aliphatic carbocycles. The minimum Gasteiger partial charge on any atom is -0.508 e. The highest BCUT2D eigenvalue weighted by molar-refractivity contribution is 5.77. The monoisotopic (exact) mass is 223 g/mol. The first-order valence-corrected chi connectivity index (χ1v) is 5.28. The summed E-state index contributed by atoms with van der Waals surface area (Å²) in [4.78, 5) is 0. The summed E-state index contributed by atoms with van der Waals surface area (Å²) in [7, 11) is 0. The lowest BCUT2D eigenvalue weighted by atomic mass is 9.93. The molecule has 0 bridgehead atoms. The van der Waals surface area contributed by atoms with E-state index in [1.807, 2.05) is 24.3 Å². The summed E-state index contributed by atoms with van der Waals surface area (Å²) < 4.78 is 5.59. The second kappa shape index (κ2) is 3.53. The molecule has 0 aromatic heterocycles. The van der Waals surface area contributed by atoms with Gasteiger partial charge in [-0.05, 0) is 23.8 Å². The van der Waals surface area contributed by atoms with Crippen LogP contribution in [0.25, 0.3) is 11.1 Å². The number of phenols is 1. The van der Waals surface area contributed by atoms with Crippen LogP contribution in [-0.2, 0) is 0 Å². The molecule has 0 fully saturated rings. The van der Waals surface area contributed by atoms with Crippen LogP contribution in [-0.4, -0.2) is 5.11 Å². The molecule has 1 unspecified atom stereocenters. The zero-order chi connectivity index (χ0) is 11.8. The van der Waals surface area contributed by atoms with Gasteiger partial charge >= 0.3 is 0 Å². The molecule has 1 atom stereocenters. The second-order valence-corrected chi connectivity index (χ2v) is 3.89. The summed E-state index contributed by atoms with van der Waals surface area (Å²) in [5, 5.41) is 18.6. The van der Waals surface area contributed by atoms with E-state index in [9.17, 15) is 5.11 Å². The fourth-order valence-electron chi connectivity index (χ4n) is 2.09. The Morgan fingerprint density at radius 2 is 1.94 bits per heavy atom. The Labute approximate surface area is 98.5 Å². The Balaban J connectivity index is 2.29. The van der Waals surface area contributed by atoms with Crippen LogP contribution in [0.15, 0.2) is 42.5 Å². The molecule has 17 heavy (non-hydrogen) atoms. The average molecular weight is 223 g/mol. The Kier molecular flexibility index (Phi) is 2.02. The lowest BCUT2D eigenvalue weighted by Crippen LogP contribution is -2.11. The number of rotatable bonds is 0. The van der Waals surface area contributed by atoms with Gasteiger partial charge in [0.2, 0.25) is 6.10 Å². The molecule has 82 valence electrons. The molecule has 0 amide bonds. The summed E-state index contributed by atoms with van der Waals surface area (Å²) >= 11 is 0. The van der Waals surface area contributed by atoms with Crippen molar-refractivity contribution in [2.75, 3.05) is 0 Å². The van der Waals surface area contributed by atoms with E-state index in [2.05, 4.69) is 6.07 Å². The van der Waals surface area contributed by atoms with Gasteiger partial charge in [0.15, 0.2) is 0 Å². The third-order valence-electron chi connectivity index (χ3n) is 2.86. The third-order valence-corrected chi connectivity index (χ3v) is 2.86. The van der Waals surface area contributed by atoms with E-state index in [0.717, 1.165) is 16.7 Å². The SMILES string of the molecule is N#CC1Oc2ccc(O)cc2-c2ccccc21. The van der Waals surface area contributed by atoms with Gasteiger partial charge in [-0.1, -0.05) is 24.3 Å². The molecule has 0 spiro atoms. The van der Waals surface area contributed by atoms with Gasteiger partial charge in [-0.2, -0.15) is 5.26 Å². The Hall–Kier alpha value is -2.47. The fraction of sp³-hybridized carbons (Fsp3) is 0.0714. The summed E-state index contributed by atoms with van der Waals surface area (Å²) in [6.07, 6.45) is -0.580. The molecule has 1 aliphatic heterocycles. The van der Waals surface area contributed by atoms with Crippen molar-refractivity contribution in [2.45, 2.75) is 6.10 Å². The predicted octanol–water partition coefficient (Wildman–Crippen LogP) is 3.02. The summed E-state index contributed by atoms with van der Waals surface area (Å²) in [6, 6.07) is 14.6. The molecule has 0 saturated heterocycles. The van der Waals surface area contributed by atoms with Crippen LogP contribution in [0.3, 0.4) is 0 Å². The molecular weight excluding hydrogens is 214 g/mol. The summed E-state index contributed by atoms with van der Waals surface area (Å²) in [6.45, 7) is 0. The Morgan fingerprint density at radius 1 is 1.12 bits per heavy atom. The molecule has 0 saturated carbocycles. The van der Waals surface area contributed by atoms with Crippen molar-refractivity contribution >= 4 is 0 Å². The van der Waals surface area contributed by atoms with Gasteiger partial charge in [0.1, 0.15) is 17.6 Å². The summed E-state index contributed by atoms with van der Waals surface area (Å²) in [5.41, 5.74) is 2.61. The largest absolute Gasteiger partial charge is 0.508 e. The molecule has 1 N–H and O–H groups in total. The van der Waals surface area contributed by atoms with E-state index in [0.29, 0.717) is 5.75 Å². The standard InChI is InChI=1S/C14H9NO2/c15-8-14-11-4-2-1-3-10(11)12-7-9(16)5-6-13(12)17-14/h1-7,14,16H. The molecule has 1 heterocycles. The van der Waals surface area contributed by atoms with E-state index >= 15 is 0 Å². The van der Waals surface area contributed by atoms with Gasteiger partial charge in [0.05, 0.1) is 0 Å². The van der Waals surface area contributed by atoms with Crippen LogP contribution in [0.4, 0.5) is 0 Å². The first-order valence-electron chi connectivity index (χ1n) is 5.28. The maximum atomic E-state index is 9.52. The molecule has 1 aliphatic rings. The number of phenolic OH excluding ortho intramolecular Hbond substituents is 1. The van der Waals surface area contributed by atoms with Crippen molar-refractivity contribution < 1.29 is 9.84 Å². The third kappa shape index (κ3) is 1.42. The maximum Gasteiger partial charge on any atom is 0.210 e. The summed E-state index contributed by atoms with van der Waals surface area (Å²) in [5.74, 6) is 0.825. The molecule has 2 aromatic rings. The van der Waals surface area contributed by atoms with E-state index in [-0.39, 0.29) is 5.75 Å². The highest BCUT2D eigenvalue weighted by atomic mass is 16.5. The quantitative estimate of drug-likeness (QED) is 0.746. The van der Waals surface area contributed by atoms with Crippen LogP contribution in [0.1, 0.15) is 11.7 Å². The van der Waals surface area contributed by atoms with Gasteiger partial charge in [0.25, 0.3) is 0 Å². The van der Waals surface area contributed by atoms with Crippen molar-refractivity contribution in [3.63, 3.8) is 0 Å². The van der Waals surface area contributed by atoms with Gasteiger partial charge in [-0.25, -0.2) is 0 Å². The van der Waals surface area contributed by atoms with Crippen molar-refractivity contribution in [1.29, 1.82) is 5.26 Å². The van der Waals surface area contributed by atoms with Crippen LogP contribution < -0.4 is 4.74 Å². The van der Waals surface area contributed by atoms with Crippen LogP contribution in [0.5, 0.6) is 11.5 Å². The van der Waals surface area contributed by atoms with Crippen molar-refractivity contribution in [1.82, 2.24) is 0 Å². The average Bonchev–Trinajstić information content (AvgIpc) is 2.38. The van der Waals surface area contributed by atoms with Gasteiger partial charge in [-0.15, -0.1) is 0 Å². The van der Waals surface area contributed by atoms with Crippen LogP contribution in [0, 0.1) is 11.3 Å². The normalized spacial score (nSPS) is 16.3. The number of benzene rings is 2. The van der Waals surface area contributed by atoms with Crippen molar-refractivity contribution in [2.24, 2.45) is 0 Å². The number of hydrogen-bond acceptors (Lipinski definition) is 3. The molecule has 3 nitrogen and oxygen atoms in total. The number of hydrogen-bond donors (Lipinski definition) is 1. The first kappa shape index (κ1) is 9.73. The van der Waals surface area contributed by atoms with E-state index in [1.165, 1.54) is 0 Å². The highest BCUT2D eigenvalue weighted by Crippen LogP contribution is 2.43. The zero-order valence-corrected chi connectivity index (χ0v) is 8.92. The van der Waals surface area contributed by atoms with Gasteiger partial charge in [-0.3, -0.25) is 0 Å². The Morgan fingerprint density at radius 3 is 2.76 bits per heavy atom. The minimum atomic E-state index is -0.580. The maximum absolute atomic E-state index is 9.52. The number of ether oxygens (including phenoxy) is 1. The highest BCUT2D eigenvalue weighted by Gasteiger charge is 2.25. The fourth-order valence-corrected chi connectivity index (χ4v) is 2.09. The predicted molar refractivity (Wildman–Crippen MR) is 62.5 cm³/mol. The van der Waals surface area contributed by atoms with Crippen LogP contribution >= 0.6 is 0 Å².